The van der Waals surface area contributed by atoms with Crippen molar-refractivity contribution < 1.29 is 13.5 Å². The van der Waals surface area contributed by atoms with Gasteiger partial charge in [0.05, 0.1) is 12.1 Å². The molecule has 1 heterocycles. The molecule has 98 valence electrons. The minimum absolute atomic E-state index is 0.0383. The zero-order chi connectivity index (χ0) is 13.1. The van der Waals surface area contributed by atoms with Gasteiger partial charge in [0.25, 0.3) is 0 Å². The van der Waals surface area contributed by atoms with Crippen LogP contribution in [0.3, 0.4) is 0 Å². The third-order valence-corrected chi connectivity index (χ3v) is 3.03. The van der Waals surface area contributed by atoms with Gasteiger partial charge < -0.3 is 14.5 Å². The molecule has 1 aromatic carbocycles. The number of furan rings is 1. The average Bonchev–Trinajstić information content (AvgIpc) is 2.75. The van der Waals surface area contributed by atoms with Crippen LogP contribution < -0.4 is 5.32 Å². The van der Waals surface area contributed by atoms with Crippen molar-refractivity contribution in [3.05, 3.63) is 35.8 Å². The molecule has 2 aromatic rings. The SMILES string of the molecule is CCOC(C)C(NC)c1cc2cccc(F)c2o1. The van der Waals surface area contributed by atoms with Crippen molar-refractivity contribution in [1.29, 1.82) is 0 Å². The zero-order valence-electron chi connectivity index (χ0n) is 10.9. The summed E-state index contributed by atoms with van der Waals surface area (Å²) in [6.07, 6.45) is -0.0383. The topological polar surface area (TPSA) is 34.4 Å². The maximum absolute atomic E-state index is 13.6. The first-order chi connectivity index (χ1) is 8.67. The summed E-state index contributed by atoms with van der Waals surface area (Å²) >= 11 is 0. The molecule has 2 rings (SSSR count). The summed E-state index contributed by atoms with van der Waals surface area (Å²) in [6.45, 7) is 4.55. The second kappa shape index (κ2) is 5.50. The third-order valence-electron chi connectivity index (χ3n) is 3.03. The van der Waals surface area contributed by atoms with Crippen LogP contribution >= 0.6 is 0 Å². The van der Waals surface area contributed by atoms with E-state index in [0.717, 1.165) is 5.39 Å². The highest BCUT2D eigenvalue weighted by atomic mass is 19.1. The summed E-state index contributed by atoms with van der Waals surface area (Å²) in [5.74, 6) is 0.358. The fraction of sp³-hybridized carbons (Fsp3) is 0.429. The number of hydrogen-bond acceptors (Lipinski definition) is 3. The molecule has 0 bridgehead atoms. The second-order valence-electron chi connectivity index (χ2n) is 4.23. The minimum atomic E-state index is -0.335. The van der Waals surface area contributed by atoms with Gasteiger partial charge in [-0.1, -0.05) is 12.1 Å². The minimum Gasteiger partial charge on any atom is -0.456 e. The normalized spacial score (nSPS) is 14.9. The Morgan fingerprint density at radius 2 is 2.22 bits per heavy atom. The molecule has 0 spiro atoms. The monoisotopic (exact) mass is 251 g/mol. The summed E-state index contributed by atoms with van der Waals surface area (Å²) in [4.78, 5) is 0. The molecule has 1 N–H and O–H groups in total. The molecule has 18 heavy (non-hydrogen) atoms. The first kappa shape index (κ1) is 13.1. The molecule has 2 atom stereocenters. The van der Waals surface area contributed by atoms with Crippen molar-refractivity contribution in [2.75, 3.05) is 13.7 Å². The van der Waals surface area contributed by atoms with Crippen molar-refractivity contribution in [2.45, 2.75) is 26.0 Å². The van der Waals surface area contributed by atoms with Crippen molar-refractivity contribution in [1.82, 2.24) is 5.32 Å². The van der Waals surface area contributed by atoms with E-state index in [4.69, 9.17) is 9.15 Å². The first-order valence-electron chi connectivity index (χ1n) is 6.14. The molecule has 0 saturated carbocycles. The van der Waals surface area contributed by atoms with Crippen LogP contribution in [-0.4, -0.2) is 19.8 Å². The fourth-order valence-corrected chi connectivity index (χ4v) is 2.17. The predicted molar refractivity (Wildman–Crippen MR) is 69.1 cm³/mol. The van der Waals surface area contributed by atoms with Crippen LogP contribution in [0.1, 0.15) is 25.6 Å². The summed E-state index contributed by atoms with van der Waals surface area (Å²) in [6, 6.07) is 6.68. The van der Waals surface area contributed by atoms with Crippen molar-refractivity contribution in [3.63, 3.8) is 0 Å². The number of fused-ring (bicyclic) bond motifs is 1. The Balaban J connectivity index is 2.37. The Bertz CT molecular complexity index is 523. The molecule has 1 aromatic heterocycles. The second-order valence-corrected chi connectivity index (χ2v) is 4.23. The number of likely N-dealkylation sites (N-methyl/N-ethyl adjacent to an activating group) is 1. The Labute approximate surface area is 106 Å². The molecule has 0 radical (unpaired) electrons. The smallest absolute Gasteiger partial charge is 0.169 e. The van der Waals surface area contributed by atoms with Gasteiger partial charge in [-0.05, 0) is 33.0 Å². The number of para-hydroxylation sites is 1. The predicted octanol–water partition coefficient (Wildman–Crippen LogP) is 3.26. The van der Waals surface area contributed by atoms with Crippen molar-refractivity contribution in [2.24, 2.45) is 0 Å². The molecular formula is C14H18FNO2. The number of nitrogens with one attached hydrogen (secondary N) is 1. The average molecular weight is 251 g/mol. The van der Waals surface area contributed by atoms with E-state index < -0.39 is 0 Å². The molecule has 0 aliphatic rings. The summed E-state index contributed by atoms with van der Waals surface area (Å²) in [5.41, 5.74) is 0.302. The molecule has 0 aliphatic heterocycles. The van der Waals surface area contributed by atoms with Gasteiger partial charge in [0.2, 0.25) is 0 Å². The van der Waals surface area contributed by atoms with E-state index in [1.165, 1.54) is 6.07 Å². The van der Waals surface area contributed by atoms with Gasteiger partial charge in [-0.25, -0.2) is 4.39 Å². The van der Waals surface area contributed by atoms with E-state index in [9.17, 15) is 4.39 Å². The lowest BCUT2D eigenvalue weighted by molar-refractivity contribution is 0.0439. The van der Waals surface area contributed by atoms with Crippen LogP contribution in [0.4, 0.5) is 4.39 Å². The Hall–Kier alpha value is -1.39. The Morgan fingerprint density at radius 3 is 2.83 bits per heavy atom. The molecule has 2 unspecified atom stereocenters. The zero-order valence-corrected chi connectivity index (χ0v) is 10.9. The fourth-order valence-electron chi connectivity index (χ4n) is 2.17. The van der Waals surface area contributed by atoms with Gasteiger partial charge in [0, 0.05) is 12.0 Å². The van der Waals surface area contributed by atoms with Crippen molar-refractivity contribution in [3.8, 4) is 0 Å². The van der Waals surface area contributed by atoms with E-state index in [0.29, 0.717) is 18.0 Å². The van der Waals surface area contributed by atoms with Gasteiger partial charge in [-0.3, -0.25) is 0 Å². The quantitative estimate of drug-likeness (QED) is 0.885. The number of ether oxygens (including phenoxy) is 1. The molecule has 4 heteroatoms. The van der Waals surface area contributed by atoms with Crippen LogP contribution in [0.2, 0.25) is 0 Å². The molecule has 0 saturated heterocycles. The largest absolute Gasteiger partial charge is 0.456 e. The maximum atomic E-state index is 13.6. The van der Waals surface area contributed by atoms with E-state index in [1.54, 1.807) is 6.07 Å². The maximum Gasteiger partial charge on any atom is 0.169 e. The van der Waals surface area contributed by atoms with E-state index in [1.807, 2.05) is 33.0 Å². The van der Waals surface area contributed by atoms with Gasteiger partial charge in [0.1, 0.15) is 5.76 Å². The van der Waals surface area contributed by atoms with Gasteiger partial charge in [0.15, 0.2) is 11.4 Å². The number of halogens is 1. The highest BCUT2D eigenvalue weighted by molar-refractivity contribution is 5.78. The molecular weight excluding hydrogens is 233 g/mol. The van der Waals surface area contributed by atoms with Gasteiger partial charge in [-0.15, -0.1) is 0 Å². The Morgan fingerprint density at radius 1 is 1.44 bits per heavy atom. The highest BCUT2D eigenvalue weighted by Crippen LogP contribution is 2.28. The lowest BCUT2D eigenvalue weighted by Crippen LogP contribution is -2.29. The Kier molecular flexibility index (Phi) is 3.99. The van der Waals surface area contributed by atoms with Crippen LogP contribution in [0, 0.1) is 5.82 Å². The number of rotatable bonds is 5. The number of hydrogen-bond donors (Lipinski definition) is 1. The van der Waals surface area contributed by atoms with Crippen molar-refractivity contribution >= 4 is 11.0 Å². The van der Waals surface area contributed by atoms with Crippen LogP contribution in [0.25, 0.3) is 11.0 Å². The number of benzene rings is 1. The lowest BCUT2D eigenvalue weighted by atomic mass is 10.1. The van der Waals surface area contributed by atoms with E-state index in [2.05, 4.69) is 5.32 Å². The van der Waals surface area contributed by atoms with E-state index in [-0.39, 0.29) is 18.0 Å². The summed E-state index contributed by atoms with van der Waals surface area (Å²) in [7, 11) is 1.84. The molecule has 0 fully saturated rings. The van der Waals surface area contributed by atoms with E-state index >= 15 is 0 Å². The lowest BCUT2D eigenvalue weighted by Gasteiger charge is -2.21. The van der Waals surface area contributed by atoms with Crippen LogP contribution in [0.5, 0.6) is 0 Å². The first-order valence-corrected chi connectivity index (χ1v) is 6.14. The van der Waals surface area contributed by atoms with Gasteiger partial charge >= 0.3 is 0 Å². The summed E-state index contributed by atoms with van der Waals surface area (Å²) in [5, 5.41) is 3.91. The van der Waals surface area contributed by atoms with Crippen LogP contribution in [0.15, 0.2) is 28.7 Å². The third kappa shape index (κ3) is 2.40. The molecule has 3 nitrogen and oxygen atoms in total. The molecule has 0 aliphatic carbocycles. The van der Waals surface area contributed by atoms with Gasteiger partial charge in [-0.2, -0.15) is 0 Å². The summed E-state index contributed by atoms with van der Waals surface area (Å²) < 4.78 is 24.7. The standard InChI is InChI=1S/C14H18FNO2/c1-4-17-9(2)13(16-3)12-8-10-6-5-7-11(15)14(10)18-12/h5-9,13,16H,4H2,1-3H3. The van der Waals surface area contributed by atoms with Crippen LogP contribution in [-0.2, 0) is 4.74 Å². The molecule has 0 amide bonds. The highest BCUT2D eigenvalue weighted by Gasteiger charge is 2.22.